The van der Waals surface area contributed by atoms with Gasteiger partial charge in [-0.15, -0.1) is 0 Å². The zero-order valence-electron chi connectivity index (χ0n) is 12.1. The van der Waals surface area contributed by atoms with Crippen molar-refractivity contribution in [3.8, 4) is 17.2 Å². The number of nitrogens with zero attached hydrogens (tertiary/aromatic N) is 2. The van der Waals surface area contributed by atoms with E-state index in [1.807, 2.05) is 23.6 Å². The average Bonchev–Trinajstić information content (AvgIpc) is 2.78. The highest BCUT2D eigenvalue weighted by atomic mass is 16.5. The van der Waals surface area contributed by atoms with Crippen molar-refractivity contribution in [3.63, 3.8) is 0 Å². The van der Waals surface area contributed by atoms with Crippen LogP contribution in [0.3, 0.4) is 0 Å². The van der Waals surface area contributed by atoms with Gasteiger partial charge in [-0.2, -0.15) is 0 Å². The Kier molecular flexibility index (Phi) is 4.02. The summed E-state index contributed by atoms with van der Waals surface area (Å²) < 4.78 is 18.0. The molecule has 0 aliphatic carbocycles. The number of aromatic nitrogens is 2. The van der Waals surface area contributed by atoms with E-state index in [1.165, 1.54) is 0 Å². The summed E-state index contributed by atoms with van der Waals surface area (Å²) in [6.07, 6.45) is 1.74. The molecule has 2 N–H and O–H groups in total. The summed E-state index contributed by atoms with van der Waals surface area (Å²) in [4.78, 5) is 4.09. The Morgan fingerprint density at radius 2 is 1.80 bits per heavy atom. The minimum atomic E-state index is 0.472. The van der Waals surface area contributed by atoms with Gasteiger partial charge in [0.15, 0.2) is 11.5 Å². The van der Waals surface area contributed by atoms with Gasteiger partial charge in [0.2, 0.25) is 11.7 Å². The molecule has 0 amide bonds. The van der Waals surface area contributed by atoms with Gasteiger partial charge in [-0.3, -0.25) is 0 Å². The largest absolute Gasteiger partial charge is 0.493 e. The molecule has 0 saturated heterocycles. The Morgan fingerprint density at radius 3 is 2.30 bits per heavy atom. The van der Waals surface area contributed by atoms with Gasteiger partial charge in [0.1, 0.15) is 0 Å². The van der Waals surface area contributed by atoms with Gasteiger partial charge in [0.25, 0.3) is 0 Å². The number of nitrogens with two attached hydrogens (primary N) is 1. The normalized spacial score (nSPS) is 10.4. The standard InChI is InChI=1S/C14H19N3O3/c1-9-7-16-14(15)17(9)8-10-5-6-11(18-2)13(20-4)12(10)19-3/h5-7H,8H2,1-4H3,(H2,15,16). The van der Waals surface area contributed by atoms with E-state index in [9.17, 15) is 0 Å². The van der Waals surface area contributed by atoms with Gasteiger partial charge >= 0.3 is 0 Å². The second-order valence-electron chi connectivity index (χ2n) is 4.34. The number of hydrogen-bond donors (Lipinski definition) is 1. The van der Waals surface area contributed by atoms with E-state index in [4.69, 9.17) is 19.9 Å². The van der Waals surface area contributed by atoms with Crippen LogP contribution in [-0.4, -0.2) is 30.9 Å². The number of ether oxygens (including phenoxy) is 3. The van der Waals surface area contributed by atoms with Crippen LogP contribution in [0.1, 0.15) is 11.3 Å². The fourth-order valence-corrected chi connectivity index (χ4v) is 2.14. The Balaban J connectivity index is 2.47. The Hall–Kier alpha value is -2.37. The second-order valence-corrected chi connectivity index (χ2v) is 4.34. The third-order valence-corrected chi connectivity index (χ3v) is 3.20. The first-order valence-corrected chi connectivity index (χ1v) is 6.17. The lowest BCUT2D eigenvalue weighted by Crippen LogP contribution is -2.08. The van der Waals surface area contributed by atoms with Crippen LogP contribution in [0.2, 0.25) is 0 Å². The lowest BCUT2D eigenvalue weighted by molar-refractivity contribution is 0.321. The Bertz CT molecular complexity index is 588. The van der Waals surface area contributed by atoms with Crippen LogP contribution >= 0.6 is 0 Å². The summed E-state index contributed by atoms with van der Waals surface area (Å²) >= 11 is 0. The smallest absolute Gasteiger partial charge is 0.203 e. The summed E-state index contributed by atoms with van der Waals surface area (Å²) in [6.45, 7) is 2.51. The van der Waals surface area contributed by atoms with Crippen LogP contribution in [0.25, 0.3) is 0 Å². The number of aryl methyl sites for hydroxylation is 1. The van der Waals surface area contributed by atoms with E-state index < -0.39 is 0 Å². The maximum absolute atomic E-state index is 5.86. The molecule has 2 aromatic rings. The van der Waals surface area contributed by atoms with Crippen LogP contribution in [0.15, 0.2) is 18.3 Å². The van der Waals surface area contributed by atoms with E-state index in [2.05, 4.69) is 4.98 Å². The number of imidazole rings is 1. The molecule has 0 bridgehead atoms. The van der Waals surface area contributed by atoms with Crippen molar-refractivity contribution in [2.75, 3.05) is 27.1 Å². The van der Waals surface area contributed by atoms with Crippen molar-refractivity contribution in [3.05, 3.63) is 29.6 Å². The van der Waals surface area contributed by atoms with Gasteiger partial charge in [-0.1, -0.05) is 0 Å². The third-order valence-electron chi connectivity index (χ3n) is 3.20. The van der Waals surface area contributed by atoms with Crippen molar-refractivity contribution in [1.29, 1.82) is 0 Å². The van der Waals surface area contributed by atoms with E-state index in [0.717, 1.165) is 11.3 Å². The highest BCUT2D eigenvalue weighted by Crippen LogP contribution is 2.40. The molecular formula is C14H19N3O3. The van der Waals surface area contributed by atoms with Crippen molar-refractivity contribution in [2.24, 2.45) is 0 Å². The summed E-state index contributed by atoms with van der Waals surface area (Å²) in [5.41, 5.74) is 7.79. The number of hydrogen-bond acceptors (Lipinski definition) is 5. The number of anilines is 1. The molecule has 1 heterocycles. The summed E-state index contributed by atoms with van der Waals surface area (Å²) in [7, 11) is 4.78. The van der Waals surface area contributed by atoms with Crippen LogP contribution < -0.4 is 19.9 Å². The van der Waals surface area contributed by atoms with Crippen LogP contribution in [0, 0.1) is 6.92 Å². The monoisotopic (exact) mass is 277 g/mol. The zero-order valence-corrected chi connectivity index (χ0v) is 12.1. The molecule has 1 aromatic carbocycles. The highest BCUT2D eigenvalue weighted by molar-refractivity contribution is 5.56. The molecule has 0 radical (unpaired) electrons. The lowest BCUT2D eigenvalue weighted by Gasteiger charge is -2.16. The maximum atomic E-state index is 5.86. The van der Waals surface area contributed by atoms with E-state index in [1.54, 1.807) is 27.5 Å². The number of benzene rings is 1. The quantitative estimate of drug-likeness (QED) is 0.903. The summed E-state index contributed by atoms with van der Waals surface area (Å²) in [5, 5.41) is 0. The Labute approximate surface area is 118 Å². The van der Waals surface area contributed by atoms with Crippen molar-refractivity contribution in [2.45, 2.75) is 13.5 Å². The number of nitrogen functional groups attached to an aromatic ring is 1. The molecule has 0 unspecified atom stereocenters. The zero-order chi connectivity index (χ0) is 14.7. The van der Waals surface area contributed by atoms with E-state index in [0.29, 0.717) is 29.7 Å². The first kappa shape index (κ1) is 14.0. The molecule has 6 heteroatoms. The number of methoxy groups -OCH3 is 3. The maximum Gasteiger partial charge on any atom is 0.203 e. The van der Waals surface area contributed by atoms with Gasteiger partial charge in [0, 0.05) is 11.3 Å². The van der Waals surface area contributed by atoms with Gasteiger partial charge in [0.05, 0.1) is 34.1 Å². The van der Waals surface area contributed by atoms with Crippen LogP contribution in [0.4, 0.5) is 5.95 Å². The molecule has 0 spiro atoms. The molecule has 1 aromatic heterocycles. The molecule has 20 heavy (non-hydrogen) atoms. The van der Waals surface area contributed by atoms with Crippen molar-refractivity contribution in [1.82, 2.24) is 9.55 Å². The SMILES string of the molecule is COc1ccc(Cn2c(C)cnc2N)c(OC)c1OC. The van der Waals surface area contributed by atoms with Crippen molar-refractivity contribution >= 4 is 5.95 Å². The average molecular weight is 277 g/mol. The number of rotatable bonds is 5. The molecule has 0 aliphatic rings. The van der Waals surface area contributed by atoms with Crippen molar-refractivity contribution < 1.29 is 14.2 Å². The van der Waals surface area contributed by atoms with Gasteiger partial charge in [-0.05, 0) is 19.1 Å². The minimum Gasteiger partial charge on any atom is -0.493 e. The first-order chi connectivity index (χ1) is 9.62. The highest BCUT2D eigenvalue weighted by Gasteiger charge is 2.17. The topological polar surface area (TPSA) is 71.5 Å². The molecule has 0 aliphatic heterocycles. The summed E-state index contributed by atoms with van der Waals surface area (Å²) in [6, 6.07) is 3.78. The van der Waals surface area contributed by atoms with Crippen LogP contribution in [-0.2, 0) is 6.54 Å². The summed E-state index contributed by atoms with van der Waals surface area (Å²) in [5.74, 6) is 2.31. The molecule has 0 fully saturated rings. The molecule has 0 atom stereocenters. The van der Waals surface area contributed by atoms with Crippen LogP contribution in [0.5, 0.6) is 17.2 Å². The lowest BCUT2D eigenvalue weighted by atomic mass is 10.1. The van der Waals surface area contributed by atoms with E-state index >= 15 is 0 Å². The van der Waals surface area contributed by atoms with Gasteiger partial charge in [-0.25, -0.2) is 4.98 Å². The first-order valence-electron chi connectivity index (χ1n) is 6.17. The minimum absolute atomic E-state index is 0.472. The molecule has 6 nitrogen and oxygen atoms in total. The predicted octanol–water partition coefficient (Wildman–Crippen LogP) is 1.85. The second kappa shape index (κ2) is 5.73. The third kappa shape index (κ3) is 2.36. The molecule has 0 saturated carbocycles. The Morgan fingerprint density at radius 1 is 1.10 bits per heavy atom. The fraction of sp³-hybridized carbons (Fsp3) is 0.357. The molecular weight excluding hydrogens is 258 g/mol. The van der Waals surface area contributed by atoms with E-state index in [-0.39, 0.29) is 0 Å². The van der Waals surface area contributed by atoms with Gasteiger partial charge < -0.3 is 24.5 Å². The molecule has 108 valence electrons. The fourth-order valence-electron chi connectivity index (χ4n) is 2.14. The predicted molar refractivity (Wildman–Crippen MR) is 76.6 cm³/mol. The molecule has 2 rings (SSSR count).